The topological polar surface area (TPSA) is 33.2 Å². The van der Waals surface area contributed by atoms with Crippen LogP contribution < -0.4 is 0 Å². The molecular weight excluding hydrogens is 483 g/mol. The predicted octanol–water partition coefficient (Wildman–Crippen LogP) is 8.34. The molecule has 3 rings (SSSR count). The molecule has 0 unspecified atom stereocenters. The van der Waals surface area contributed by atoms with Crippen LogP contribution in [-0.2, 0) is 4.79 Å². The number of allylic oxidation sites excluding steroid dienone is 1. The van der Waals surface area contributed by atoms with Gasteiger partial charge in [0.1, 0.15) is 0 Å². The molecule has 1 aromatic heterocycles. The van der Waals surface area contributed by atoms with Crippen LogP contribution in [0.15, 0.2) is 55.4 Å². The van der Waals surface area contributed by atoms with Gasteiger partial charge in [0.2, 0.25) is 5.91 Å². The third kappa shape index (κ3) is 6.19. The Kier molecular flexibility index (Phi) is 8.81. The number of carbonyl (C=O) groups is 1. The Balaban J connectivity index is 2.19. The maximum absolute atomic E-state index is 14.3. The lowest BCUT2D eigenvalue weighted by molar-refractivity contribution is -0.153. The second-order valence-electron chi connectivity index (χ2n) is 10.5. The number of thioether (sulfide) groups is 1. The second-order valence-corrected chi connectivity index (χ2v) is 13.2. The first kappa shape index (κ1) is 27.1. The highest BCUT2D eigenvalue weighted by Gasteiger charge is 2.51. The Morgan fingerprint density at radius 1 is 1.21 bits per heavy atom. The van der Waals surface area contributed by atoms with Crippen LogP contribution in [0.1, 0.15) is 77.0 Å². The Morgan fingerprint density at radius 2 is 1.88 bits per heavy atom. The van der Waals surface area contributed by atoms with Gasteiger partial charge in [0.25, 0.3) is 0 Å². The quantitative estimate of drug-likeness (QED) is 0.329. The van der Waals surface area contributed by atoms with Gasteiger partial charge < -0.3 is 4.90 Å². The second kappa shape index (κ2) is 11.1. The molecule has 0 aliphatic carbocycles. The molecule has 3 nitrogen and oxygen atoms in total. The molecule has 1 aromatic carbocycles. The maximum atomic E-state index is 14.3. The molecule has 4 atom stereocenters. The van der Waals surface area contributed by atoms with E-state index in [4.69, 9.17) is 23.2 Å². The first-order valence-corrected chi connectivity index (χ1v) is 13.7. The number of benzene rings is 1. The number of halogens is 2. The fourth-order valence-electron chi connectivity index (χ4n) is 4.92. The average molecular weight is 520 g/mol. The standard InChI is InChI=1S/C28H36Cl2N2OS/c1-7-13-28(6)15-24(20-14-22(30)17-31-16-20)25(19-9-11-21(29)12-10-19)32(26(28)33)23(8-2)18-34-27(3,4)5/h7,9-12,14,16-17,23-25H,1,8,13,15,18H2,2-6H3/t23-,24+,25+,28-/m0/s1. The van der Waals surface area contributed by atoms with Crippen molar-refractivity contribution in [1.82, 2.24) is 9.88 Å². The van der Waals surface area contributed by atoms with Crippen LogP contribution in [0.4, 0.5) is 0 Å². The zero-order valence-corrected chi connectivity index (χ0v) is 23.2. The van der Waals surface area contributed by atoms with E-state index in [2.05, 4.69) is 63.2 Å². The number of nitrogens with zero attached hydrogens (tertiary/aromatic N) is 2. The van der Waals surface area contributed by atoms with Crippen molar-refractivity contribution in [1.29, 1.82) is 0 Å². The van der Waals surface area contributed by atoms with Crippen molar-refractivity contribution >= 4 is 40.9 Å². The molecule has 1 fully saturated rings. The summed E-state index contributed by atoms with van der Waals surface area (Å²) < 4.78 is 0.114. The molecule has 34 heavy (non-hydrogen) atoms. The molecular formula is C28H36Cl2N2OS. The summed E-state index contributed by atoms with van der Waals surface area (Å²) in [6.45, 7) is 14.9. The van der Waals surface area contributed by atoms with Gasteiger partial charge in [0.15, 0.2) is 0 Å². The van der Waals surface area contributed by atoms with Crippen molar-refractivity contribution in [2.24, 2.45) is 5.41 Å². The molecule has 184 valence electrons. The Hall–Kier alpha value is -1.49. The van der Waals surface area contributed by atoms with E-state index in [1.807, 2.05) is 42.2 Å². The zero-order chi connectivity index (χ0) is 25.1. The lowest BCUT2D eigenvalue weighted by Crippen LogP contribution is -2.56. The van der Waals surface area contributed by atoms with E-state index in [1.165, 1.54) is 0 Å². The minimum atomic E-state index is -0.544. The predicted molar refractivity (Wildman–Crippen MR) is 147 cm³/mol. The highest BCUT2D eigenvalue weighted by molar-refractivity contribution is 8.00. The minimum absolute atomic E-state index is 0.0451. The van der Waals surface area contributed by atoms with E-state index in [1.54, 1.807) is 6.20 Å². The van der Waals surface area contributed by atoms with Gasteiger partial charge in [-0.05, 0) is 48.6 Å². The highest BCUT2D eigenvalue weighted by Crippen LogP contribution is 2.52. The number of likely N-dealkylation sites (tertiary alicyclic amines) is 1. The first-order valence-electron chi connectivity index (χ1n) is 11.9. The molecule has 0 saturated carbocycles. The van der Waals surface area contributed by atoms with Gasteiger partial charge in [-0.2, -0.15) is 11.8 Å². The van der Waals surface area contributed by atoms with Gasteiger partial charge >= 0.3 is 0 Å². The molecule has 1 saturated heterocycles. The molecule has 6 heteroatoms. The fraction of sp³-hybridized carbons (Fsp3) is 0.500. The molecule has 0 bridgehead atoms. The summed E-state index contributed by atoms with van der Waals surface area (Å²) in [6, 6.07) is 9.89. The molecule has 1 amide bonds. The number of hydrogen-bond donors (Lipinski definition) is 0. The van der Waals surface area contributed by atoms with Crippen molar-refractivity contribution in [3.8, 4) is 0 Å². The number of carbonyl (C=O) groups excluding carboxylic acids is 1. The van der Waals surface area contributed by atoms with Crippen LogP contribution in [0.2, 0.25) is 10.0 Å². The van der Waals surface area contributed by atoms with Gasteiger partial charge in [-0.3, -0.25) is 9.78 Å². The van der Waals surface area contributed by atoms with Gasteiger partial charge in [-0.1, -0.05) is 76.0 Å². The minimum Gasteiger partial charge on any atom is -0.331 e. The van der Waals surface area contributed by atoms with Crippen molar-refractivity contribution in [3.63, 3.8) is 0 Å². The molecule has 0 radical (unpaired) electrons. The monoisotopic (exact) mass is 518 g/mol. The summed E-state index contributed by atoms with van der Waals surface area (Å²) in [4.78, 5) is 20.8. The van der Waals surface area contributed by atoms with E-state index in [0.29, 0.717) is 22.9 Å². The number of rotatable bonds is 8. The number of piperidine rings is 1. The largest absolute Gasteiger partial charge is 0.331 e. The lowest BCUT2D eigenvalue weighted by Gasteiger charge is -2.52. The van der Waals surface area contributed by atoms with E-state index in [-0.39, 0.29) is 28.7 Å². The van der Waals surface area contributed by atoms with Crippen molar-refractivity contribution < 1.29 is 4.79 Å². The average Bonchev–Trinajstić information content (AvgIpc) is 2.77. The summed E-state index contributed by atoms with van der Waals surface area (Å²) >= 11 is 14.5. The molecule has 2 heterocycles. The summed E-state index contributed by atoms with van der Waals surface area (Å²) in [5, 5.41) is 1.29. The van der Waals surface area contributed by atoms with Gasteiger partial charge in [0, 0.05) is 39.9 Å². The number of pyridine rings is 1. The van der Waals surface area contributed by atoms with Crippen LogP contribution >= 0.6 is 35.0 Å². The first-order chi connectivity index (χ1) is 16.0. The highest BCUT2D eigenvalue weighted by atomic mass is 35.5. The molecule has 1 aliphatic heterocycles. The summed E-state index contributed by atoms with van der Waals surface area (Å²) in [7, 11) is 0. The summed E-state index contributed by atoms with van der Waals surface area (Å²) in [5.74, 6) is 1.12. The molecule has 0 N–H and O–H groups in total. The fourth-order valence-corrected chi connectivity index (χ4v) is 6.32. The van der Waals surface area contributed by atoms with E-state index in [9.17, 15) is 4.79 Å². The third-order valence-corrected chi connectivity index (χ3v) is 8.51. The van der Waals surface area contributed by atoms with Crippen LogP contribution in [0.5, 0.6) is 0 Å². The van der Waals surface area contributed by atoms with Crippen LogP contribution in [0, 0.1) is 5.41 Å². The lowest BCUT2D eigenvalue weighted by atomic mass is 9.67. The van der Waals surface area contributed by atoms with E-state index < -0.39 is 5.41 Å². The molecule has 0 spiro atoms. The SMILES string of the molecule is C=CC[C@@]1(C)C[C@H](c2cncc(Cl)c2)[C@@H](c2ccc(Cl)cc2)N([C@@H](CC)CSC(C)(C)C)C1=O. The maximum Gasteiger partial charge on any atom is 0.229 e. The summed E-state index contributed by atoms with van der Waals surface area (Å²) in [5.41, 5.74) is 1.60. The Bertz CT molecular complexity index is 1000. The van der Waals surface area contributed by atoms with Crippen LogP contribution in [-0.4, -0.2) is 32.3 Å². The van der Waals surface area contributed by atoms with Gasteiger partial charge in [-0.25, -0.2) is 0 Å². The van der Waals surface area contributed by atoms with Crippen LogP contribution in [0.25, 0.3) is 0 Å². The van der Waals surface area contributed by atoms with Crippen molar-refractivity contribution in [2.45, 2.75) is 76.6 Å². The Labute approximate surface area is 219 Å². The third-order valence-electron chi connectivity index (χ3n) is 6.64. The Morgan fingerprint density at radius 3 is 2.44 bits per heavy atom. The number of amides is 1. The zero-order valence-electron chi connectivity index (χ0n) is 20.9. The van der Waals surface area contributed by atoms with E-state index in [0.717, 1.165) is 23.3 Å². The molecule has 2 aromatic rings. The summed E-state index contributed by atoms with van der Waals surface area (Å²) in [6.07, 6.45) is 7.63. The smallest absolute Gasteiger partial charge is 0.229 e. The number of aromatic nitrogens is 1. The van der Waals surface area contributed by atoms with Crippen molar-refractivity contribution in [3.05, 3.63) is 76.6 Å². The molecule has 1 aliphatic rings. The van der Waals surface area contributed by atoms with E-state index >= 15 is 0 Å². The van der Waals surface area contributed by atoms with Crippen LogP contribution in [0.3, 0.4) is 0 Å². The van der Waals surface area contributed by atoms with Gasteiger partial charge in [0.05, 0.1) is 16.5 Å². The normalized spacial score (nSPS) is 24.2. The number of hydrogen-bond acceptors (Lipinski definition) is 3. The van der Waals surface area contributed by atoms with Gasteiger partial charge in [-0.15, -0.1) is 6.58 Å². The van der Waals surface area contributed by atoms with Crippen molar-refractivity contribution in [2.75, 3.05) is 5.75 Å².